The van der Waals surface area contributed by atoms with E-state index in [2.05, 4.69) is 10.6 Å². The topological polar surface area (TPSA) is 84.2 Å². The molecule has 2 aromatic carbocycles. The molecule has 0 atom stereocenters. The van der Waals surface area contributed by atoms with Gasteiger partial charge in [-0.2, -0.15) is 0 Å². The Bertz CT molecular complexity index is 754. The second-order valence-corrected chi connectivity index (χ2v) is 5.46. The predicted molar refractivity (Wildman–Crippen MR) is 93.4 cm³/mol. The summed E-state index contributed by atoms with van der Waals surface area (Å²) in [6, 6.07) is 11.0. The fourth-order valence-corrected chi connectivity index (χ4v) is 2.33. The molecule has 5 heteroatoms. The highest BCUT2D eigenvalue weighted by molar-refractivity contribution is 6.44. The van der Waals surface area contributed by atoms with Crippen LogP contribution in [0.4, 0.5) is 17.1 Å². The normalized spacial score (nSPS) is 10.2. The lowest BCUT2D eigenvalue weighted by Gasteiger charge is -2.13. The van der Waals surface area contributed by atoms with Crippen LogP contribution in [0.2, 0.25) is 0 Å². The van der Waals surface area contributed by atoms with Gasteiger partial charge in [-0.15, -0.1) is 0 Å². The molecule has 120 valence electrons. The number of nitrogens with one attached hydrogen (secondary N) is 2. The van der Waals surface area contributed by atoms with Gasteiger partial charge >= 0.3 is 11.8 Å². The number of carbonyl (C=O) groups is 2. The monoisotopic (exact) mass is 311 g/mol. The number of aryl methyl sites for hydroxylation is 3. The van der Waals surface area contributed by atoms with Crippen LogP contribution < -0.4 is 16.4 Å². The molecule has 5 nitrogen and oxygen atoms in total. The van der Waals surface area contributed by atoms with Gasteiger partial charge in [0.05, 0.1) is 11.4 Å². The Morgan fingerprint density at radius 1 is 1.04 bits per heavy atom. The van der Waals surface area contributed by atoms with Crippen LogP contribution in [0.25, 0.3) is 0 Å². The van der Waals surface area contributed by atoms with Gasteiger partial charge in [0, 0.05) is 5.69 Å². The van der Waals surface area contributed by atoms with Crippen molar-refractivity contribution in [2.45, 2.75) is 27.2 Å². The summed E-state index contributed by atoms with van der Waals surface area (Å²) in [5.74, 6) is -1.46. The summed E-state index contributed by atoms with van der Waals surface area (Å²) in [7, 11) is 0. The first kappa shape index (κ1) is 16.5. The van der Waals surface area contributed by atoms with Crippen molar-refractivity contribution in [1.29, 1.82) is 0 Å². The number of para-hydroxylation sites is 1. The molecule has 0 spiro atoms. The molecule has 0 unspecified atom stereocenters. The van der Waals surface area contributed by atoms with Crippen molar-refractivity contribution in [2.75, 3.05) is 16.4 Å². The van der Waals surface area contributed by atoms with E-state index < -0.39 is 11.8 Å². The molecule has 2 aromatic rings. The maximum Gasteiger partial charge on any atom is 0.314 e. The van der Waals surface area contributed by atoms with E-state index in [0.717, 1.165) is 23.1 Å². The maximum absolute atomic E-state index is 12.2. The highest BCUT2D eigenvalue weighted by Gasteiger charge is 2.17. The lowest BCUT2D eigenvalue weighted by Crippen LogP contribution is -2.30. The number of hydrogen-bond acceptors (Lipinski definition) is 3. The Balaban J connectivity index is 2.15. The Morgan fingerprint density at radius 2 is 1.74 bits per heavy atom. The van der Waals surface area contributed by atoms with Gasteiger partial charge in [0.15, 0.2) is 0 Å². The standard InChI is InChI=1S/C18H21N3O2/c1-4-13-7-5-6-12(3)16(13)21-18(23)17(22)20-15-10-11(2)8-9-14(15)19/h5-10H,4,19H2,1-3H3,(H,20,22)(H,21,23). The van der Waals surface area contributed by atoms with Crippen LogP contribution in [0.3, 0.4) is 0 Å². The number of hydrogen-bond donors (Lipinski definition) is 3. The van der Waals surface area contributed by atoms with Crippen LogP contribution in [0.1, 0.15) is 23.6 Å². The van der Waals surface area contributed by atoms with Crippen LogP contribution >= 0.6 is 0 Å². The summed E-state index contributed by atoms with van der Waals surface area (Å²) < 4.78 is 0. The summed E-state index contributed by atoms with van der Waals surface area (Å²) in [5.41, 5.74) is 10.2. The van der Waals surface area contributed by atoms with Crippen molar-refractivity contribution in [3.63, 3.8) is 0 Å². The van der Waals surface area contributed by atoms with Crippen LogP contribution in [-0.4, -0.2) is 11.8 Å². The first-order chi connectivity index (χ1) is 10.9. The Hall–Kier alpha value is -2.82. The summed E-state index contributed by atoms with van der Waals surface area (Å²) >= 11 is 0. The number of benzene rings is 2. The van der Waals surface area contributed by atoms with E-state index in [9.17, 15) is 9.59 Å². The molecule has 0 aromatic heterocycles. The minimum Gasteiger partial charge on any atom is -0.397 e. The fraction of sp³-hybridized carbons (Fsp3) is 0.222. The van der Waals surface area contributed by atoms with Gasteiger partial charge in [0.1, 0.15) is 0 Å². The van der Waals surface area contributed by atoms with E-state index in [1.165, 1.54) is 0 Å². The summed E-state index contributed by atoms with van der Waals surface area (Å²) in [5, 5.41) is 5.24. The Labute approximate surface area is 135 Å². The SMILES string of the molecule is CCc1cccc(C)c1NC(=O)C(=O)Nc1cc(C)ccc1N. The number of anilines is 3. The minimum atomic E-state index is -0.743. The number of nitrogen functional groups attached to an aromatic ring is 1. The third-order valence-corrected chi connectivity index (χ3v) is 3.64. The smallest absolute Gasteiger partial charge is 0.314 e. The number of amides is 2. The molecular weight excluding hydrogens is 290 g/mol. The van der Waals surface area contributed by atoms with E-state index in [1.54, 1.807) is 12.1 Å². The van der Waals surface area contributed by atoms with E-state index in [1.807, 2.05) is 45.0 Å². The van der Waals surface area contributed by atoms with Crippen LogP contribution in [0.5, 0.6) is 0 Å². The second kappa shape index (κ2) is 6.96. The zero-order chi connectivity index (χ0) is 17.0. The number of rotatable bonds is 3. The molecule has 2 amide bonds. The molecule has 0 fully saturated rings. The molecule has 0 radical (unpaired) electrons. The summed E-state index contributed by atoms with van der Waals surface area (Å²) in [6.45, 7) is 5.78. The third-order valence-electron chi connectivity index (χ3n) is 3.64. The van der Waals surface area contributed by atoms with Crippen molar-refractivity contribution in [3.8, 4) is 0 Å². The van der Waals surface area contributed by atoms with Crippen molar-refractivity contribution in [1.82, 2.24) is 0 Å². The first-order valence-corrected chi connectivity index (χ1v) is 7.49. The molecule has 23 heavy (non-hydrogen) atoms. The summed E-state index contributed by atoms with van der Waals surface area (Å²) in [6.07, 6.45) is 0.768. The quantitative estimate of drug-likeness (QED) is 0.602. The predicted octanol–water partition coefficient (Wildman–Crippen LogP) is 3.03. The van der Waals surface area contributed by atoms with E-state index in [4.69, 9.17) is 5.73 Å². The molecule has 0 saturated heterocycles. The van der Waals surface area contributed by atoms with Gasteiger partial charge < -0.3 is 16.4 Å². The highest BCUT2D eigenvalue weighted by atomic mass is 16.2. The lowest BCUT2D eigenvalue weighted by atomic mass is 10.1. The van der Waals surface area contributed by atoms with Crippen molar-refractivity contribution < 1.29 is 9.59 Å². The van der Waals surface area contributed by atoms with Gasteiger partial charge in [-0.1, -0.05) is 31.2 Å². The molecule has 2 rings (SSSR count). The van der Waals surface area contributed by atoms with Crippen LogP contribution in [-0.2, 0) is 16.0 Å². The number of carbonyl (C=O) groups excluding carboxylic acids is 2. The van der Waals surface area contributed by atoms with Gasteiger partial charge in [0.25, 0.3) is 0 Å². The zero-order valence-corrected chi connectivity index (χ0v) is 13.6. The Morgan fingerprint density at radius 3 is 2.43 bits per heavy atom. The molecule has 0 aliphatic heterocycles. The van der Waals surface area contributed by atoms with Gasteiger partial charge in [0.2, 0.25) is 0 Å². The van der Waals surface area contributed by atoms with Crippen LogP contribution in [0.15, 0.2) is 36.4 Å². The van der Waals surface area contributed by atoms with Crippen molar-refractivity contribution in [3.05, 3.63) is 53.1 Å². The minimum absolute atomic E-state index is 0.418. The second-order valence-electron chi connectivity index (χ2n) is 5.46. The number of nitrogens with two attached hydrogens (primary N) is 1. The van der Waals surface area contributed by atoms with E-state index >= 15 is 0 Å². The zero-order valence-electron chi connectivity index (χ0n) is 13.6. The fourth-order valence-electron chi connectivity index (χ4n) is 2.33. The molecule has 0 heterocycles. The molecular formula is C18H21N3O2. The first-order valence-electron chi connectivity index (χ1n) is 7.49. The third kappa shape index (κ3) is 3.88. The van der Waals surface area contributed by atoms with E-state index in [0.29, 0.717) is 17.1 Å². The van der Waals surface area contributed by atoms with Gasteiger partial charge in [-0.05, 0) is 49.1 Å². The van der Waals surface area contributed by atoms with Gasteiger partial charge in [-0.25, -0.2) is 0 Å². The maximum atomic E-state index is 12.2. The largest absolute Gasteiger partial charge is 0.397 e. The molecule has 4 N–H and O–H groups in total. The van der Waals surface area contributed by atoms with Crippen LogP contribution in [0, 0.1) is 13.8 Å². The average molecular weight is 311 g/mol. The Kier molecular flexibility index (Phi) is 5.01. The molecule has 0 bridgehead atoms. The molecule has 0 aliphatic rings. The van der Waals surface area contributed by atoms with Crippen molar-refractivity contribution >= 4 is 28.9 Å². The lowest BCUT2D eigenvalue weighted by molar-refractivity contribution is -0.133. The highest BCUT2D eigenvalue weighted by Crippen LogP contribution is 2.22. The molecule has 0 saturated carbocycles. The summed E-state index contributed by atoms with van der Waals surface area (Å²) in [4.78, 5) is 24.3. The van der Waals surface area contributed by atoms with Crippen molar-refractivity contribution in [2.24, 2.45) is 0 Å². The van der Waals surface area contributed by atoms with Gasteiger partial charge in [-0.3, -0.25) is 9.59 Å². The molecule has 0 aliphatic carbocycles. The average Bonchev–Trinajstić information content (AvgIpc) is 2.52. The van der Waals surface area contributed by atoms with E-state index in [-0.39, 0.29) is 0 Å².